The molecular formula is C18H18F3N7O. The summed E-state index contributed by atoms with van der Waals surface area (Å²) < 4.78 is 40.2. The topological polar surface area (TPSA) is 92.1 Å². The fourth-order valence-corrected chi connectivity index (χ4v) is 4.29. The summed E-state index contributed by atoms with van der Waals surface area (Å²) in [6.07, 6.45) is 1.03. The number of halogens is 3. The van der Waals surface area contributed by atoms with Crippen molar-refractivity contribution >= 4 is 11.7 Å². The Morgan fingerprint density at radius 2 is 2.10 bits per heavy atom. The maximum Gasteiger partial charge on any atom is 0.453 e. The summed E-state index contributed by atoms with van der Waals surface area (Å²) in [5.41, 5.74) is 3.07. The molecule has 0 saturated carbocycles. The standard InChI is InChI=1S/C18H18F3N7O/c19-18(20,21)16-23-17-22-7-6-13(28(17)26-16)10-3-2-8-27(9-10)15(29)14-11-4-1-5-12(11)24-25-14/h6-7,10H,1-5,8-9H2,(H,24,25). The number of carbonyl (C=O) groups is 1. The Morgan fingerprint density at radius 1 is 1.24 bits per heavy atom. The van der Waals surface area contributed by atoms with E-state index in [4.69, 9.17) is 0 Å². The Morgan fingerprint density at radius 3 is 2.93 bits per heavy atom. The quantitative estimate of drug-likeness (QED) is 0.707. The molecule has 1 saturated heterocycles. The van der Waals surface area contributed by atoms with E-state index in [2.05, 4.69) is 25.3 Å². The zero-order valence-electron chi connectivity index (χ0n) is 15.4. The Bertz CT molecular complexity index is 1090. The van der Waals surface area contributed by atoms with Crippen molar-refractivity contribution in [1.29, 1.82) is 0 Å². The molecule has 1 amide bonds. The van der Waals surface area contributed by atoms with Crippen molar-refractivity contribution in [2.24, 2.45) is 0 Å². The average Bonchev–Trinajstić information content (AvgIpc) is 3.41. The molecule has 1 aliphatic heterocycles. The highest BCUT2D eigenvalue weighted by Crippen LogP contribution is 2.31. The van der Waals surface area contributed by atoms with Crippen molar-refractivity contribution in [2.75, 3.05) is 13.1 Å². The highest BCUT2D eigenvalue weighted by molar-refractivity contribution is 5.94. The SMILES string of the molecule is O=C(c1n[nH]c2c1CCC2)N1CCCC(c2ccnc3nc(C(F)(F)F)nn23)C1. The van der Waals surface area contributed by atoms with Crippen LogP contribution in [0.1, 0.15) is 58.4 Å². The van der Waals surface area contributed by atoms with E-state index in [1.165, 1.54) is 6.20 Å². The van der Waals surface area contributed by atoms with Gasteiger partial charge < -0.3 is 4.90 Å². The van der Waals surface area contributed by atoms with Gasteiger partial charge >= 0.3 is 6.18 Å². The number of likely N-dealkylation sites (tertiary alicyclic amines) is 1. The molecule has 152 valence electrons. The molecule has 0 aromatic carbocycles. The molecule has 1 atom stereocenters. The van der Waals surface area contributed by atoms with Crippen molar-refractivity contribution in [3.63, 3.8) is 0 Å². The molecule has 3 aromatic heterocycles. The van der Waals surface area contributed by atoms with Gasteiger partial charge in [-0.05, 0) is 38.2 Å². The molecule has 2 aliphatic rings. The van der Waals surface area contributed by atoms with Crippen LogP contribution < -0.4 is 0 Å². The smallest absolute Gasteiger partial charge is 0.337 e. The number of hydrogen-bond donors (Lipinski definition) is 1. The summed E-state index contributed by atoms with van der Waals surface area (Å²) in [4.78, 5) is 22.2. The number of fused-ring (bicyclic) bond motifs is 2. The molecule has 1 aliphatic carbocycles. The lowest BCUT2D eigenvalue weighted by Crippen LogP contribution is -2.40. The van der Waals surface area contributed by atoms with E-state index in [1.54, 1.807) is 11.0 Å². The Labute approximate surface area is 163 Å². The minimum atomic E-state index is -4.64. The molecule has 11 heteroatoms. The highest BCUT2D eigenvalue weighted by atomic mass is 19.4. The predicted octanol–water partition coefficient (Wildman–Crippen LogP) is 2.37. The van der Waals surface area contributed by atoms with Crippen LogP contribution in [0.2, 0.25) is 0 Å². The summed E-state index contributed by atoms with van der Waals surface area (Å²) in [5.74, 6) is -1.60. The van der Waals surface area contributed by atoms with Crippen LogP contribution in [0.4, 0.5) is 13.2 Å². The van der Waals surface area contributed by atoms with E-state index < -0.39 is 12.0 Å². The number of amides is 1. The highest BCUT2D eigenvalue weighted by Gasteiger charge is 2.37. The van der Waals surface area contributed by atoms with Crippen molar-refractivity contribution in [2.45, 2.75) is 44.2 Å². The van der Waals surface area contributed by atoms with Crippen molar-refractivity contribution in [3.05, 3.63) is 40.7 Å². The maximum absolute atomic E-state index is 13.0. The third kappa shape index (κ3) is 3.04. The second-order valence-electron chi connectivity index (χ2n) is 7.49. The minimum Gasteiger partial charge on any atom is -0.337 e. The zero-order chi connectivity index (χ0) is 20.2. The fourth-order valence-electron chi connectivity index (χ4n) is 4.29. The third-order valence-electron chi connectivity index (χ3n) is 5.66. The van der Waals surface area contributed by atoms with E-state index in [1.807, 2.05) is 0 Å². The van der Waals surface area contributed by atoms with Gasteiger partial charge in [0.15, 0.2) is 5.69 Å². The fraction of sp³-hybridized carbons (Fsp3) is 0.500. The Kier molecular flexibility index (Phi) is 4.07. The van der Waals surface area contributed by atoms with Crippen molar-refractivity contribution in [3.8, 4) is 0 Å². The Balaban J connectivity index is 1.44. The van der Waals surface area contributed by atoms with Gasteiger partial charge in [-0.1, -0.05) is 0 Å². The number of hydrogen-bond acceptors (Lipinski definition) is 5. The van der Waals surface area contributed by atoms with Gasteiger partial charge in [0, 0.05) is 36.5 Å². The van der Waals surface area contributed by atoms with Gasteiger partial charge in [0.25, 0.3) is 17.5 Å². The number of aromatic nitrogens is 6. The lowest BCUT2D eigenvalue weighted by atomic mass is 9.94. The zero-order valence-corrected chi connectivity index (χ0v) is 15.4. The number of piperidine rings is 1. The molecule has 3 aromatic rings. The van der Waals surface area contributed by atoms with Crippen molar-refractivity contribution < 1.29 is 18.0 Å². The minimum absolute atomic E-state index is 0.0941. The van der Waals surface area contributed by atoms with Crippen LogP contribution in [0.15, 0.2) is 12.3 Å². The van der Waals surface area contributed by atoms with Gasteiger partial charge in [-0.15, -0.1) is 5.10 Å². The van der Waals surface area contributed by atoms with E-state index >= 15 is 0 Å². The first kappa shape index (κ1) is 18.1. The number of alkyl halides is 3. The number of aryl methyl sites for hydroxylation is 1. The molecule has 5 rings (SSSR count). The normalized spacial score (nSPS) is 19.7. The maximum atomic E-state index is 13.0. The first-order chi connectivity index (χ1) is 13.9. The van der Waals surface area contributed by atoms with E-state index in [0.717, 1.165) is 47.9 Å². The van der Waals surface area contributed by atoms with Crippen LogP contribution in [0.25, 0.3) is 5.78 Å². The van der Waals surface area contributed by atoms with E-state index in [-0.39, 0.29) is 17.6 Å². The first-order valence-corrected chi connectivity index (χ1v) is 9.56. The molecule has 29 heavy (non-hydrogen) atoms. The monoisotopic (exact) mass is 405 g/mol. The predicted molar refractivity (Wildman–Crippen MR) is 94.3 cm³/mol. The molecule has 1 fully saturated rings. The second kappa shape index (κ2) is 6.53. The van der Waals surface area contributed by atoms with Crippen LogP contribution in [0, 0.1) is 0 Å². The van der Waals surface area contributed by atoms with Gasteiger partial charge in [0.1, 0.15) is 0 Å². The summed E-state index contributed by atoms with van der Waals surface area (Å²) in [6, 6.07) is 1.65. The summed E-state index contributed by atoms with van der Waals surface area (Å²) in [7, 11) is 0. The van der Waals surface area contributed by atoms with E-state index in [0.29, 0.717) is 24.5 Å². The Hall–Kier alpha value is -2.98. The number of aromatic amines is 1. The van der Waals surface area contributed by atoms with Gasteiger partial charge in [-0.25, -0.2) is 9.50 Å². The first-order valence-electron chi connectivity index (χ1n) is 9.56. The number of nitrogens with one attached hydrogen (secondary N) is 1. The van der Waals surface area contributed by atoms with Gasteiger partial charge in [-0.2, -0.15) is 23.3 Å². The molecule has 8 nitrogen and oxygen atoms in total. The number of carbonyl (C=O) groups excluding carboxylic acids is 1. The van der Waals surface area contributed by atoms with E-state index in [9.17, 15) is 18.0 Å². The molecule has 0 bridgehead atoms. The molecule has 1 N–H and O–H groups in total. The number of rotatable bonds is 2. The lowest BCUT2D eigenvalue weighted by Gasteiger charge is -2.32. The summed E-state index contributed by atoms with van der Waals surface area (Å²) in [5, 5.41) is 10.8. The molecule has 0 radical (unpaired) electrons. The van der Waals surface area contributed by atoms with Gasteiger partial charge in [0.2, 0.25) is 0 Å². The van der Waals surface area contributed by atoms with Crippen molar-refractivity contribution in [1.82, 2.24) is 34.7 Å². The molecular weight excluding hydrogens is 387 g/mol. The average molecular weight is 405 g/mol. The largest absolute Gasteiger partial charge is 0.453 e. The number of nitrogens with zero attached hydrogens (tertiary/aromatic N) is 6. The molecule has 0 spiro atoms. The van der Waals surface area contributed by atoms with Crippen LogP contribution in [0.5, 0.6) is 0 Å². The summed E-state index contributed by atoms with van der Waals surface area (Å²) >= 11 is 0. The lowest BCUT2D eigenvalue weighted by molar-refractivity contribution is -0.144. The van der Waals surface area contributed by atoms with Gasteiger partial charge in [-0.3, -0.25) is 9.89 Å². The van der Waals surface area contributed by atoms with Crippen LogP contribution >= 0.6 is 0 Å². The third-order valence-corrected chi connectivity index (χ3v) is 5.66. The van der Waals surface area contributed by atoms with Crippen LogP contribution in [0.3, 0.4) is 0 Å². The van der Waals surface area contributed by atoms with Crippen LogP contribution in [-0.4, -0.2) is 53.7 Å². The summed E-state index contributed by atoms with van der Waals surface area (Å²) in [6.45, 7) is 0.983. The second-order valence-corrected chi connectivity index (χ2v) is 7.49. The van der Waals surface area contributed by atoms with Gasteiger partial charge in [0.05, 0.1) is 5.69 Å². The molecule has 4 heterocycles. The van der Waals surface area contributed by atoms with Crippen LogP contribution in [-0.2, 0) is 19.0 Å². The number of H-pyrrole nitrogens is 1. The molecule has 1 unspecified atom stereocenters.